The first kappa shape index (κ1) is 17.3. The zero-order valence-corrected chi connectivity index (χ0v) is 15.8. The molecule has 0 spiro atoms. The molecule has 0 aliphatic heterocycles. The minimum atomic E-state index is -0.205. The van der Waals surface area contributed by atoms with Crippen LogP contribution in [0.25, 0.3) is 32.6 Å². The lowest BCUT2D eigenvalue weighted by Gasteiger charge is -2.21. The zero-order chi connectivity index (χ0) is 19.3. The third-order valence-corrected chi connectivity index (χ3v) is 5.21. The Balaban J connectivity index is 1.98. The fourth-order valence-electron chi connectivity index (χ4n) is 3.44. The minimum Gasteiger partial charge on any atom is -0.508 e. The second-order valence-corrected chi connectivity index (χ2v) is 7.15. The van der Waals surface area contributed by atoms with Gasteiger partial charge in [0.25, 0.3) is 5.91 Å². The van der Waals surface area contributed by atoms with Gasteiger partial charge < -0.3 is 15.4 Å². The molecule has 6 heteroatoms. The van der Waals surface area contributed by atoms with Crippen LogP contribution in [0.4, 0.5) is 0 Å². The van der Waals surface area contributed by atoms with E-state index in [-0.39, 0.29) is 17.8 Å². The minimum absolute atomic E-state index is 0.107. The van der Waals surface area contributed by atoms with E-state index in [1.165, 1.54) is 0 Å². The second-order valence-electron chi connectivity index (χ2n) is 7.15. The van der Waals surface area contributed by atoms with E-state index < -0.39 is 0 Å². The molecular formula is C21H22N4O2. The van der Waals surface area contributed by atoms with Gasteiger partial charge in [0.1, 0.15) is 11.4 Å². The molecule has 0 fully saturated rings. The standard InChI is InChI=1S/C21H22N4O2/c1-11-14-7-8-22-20(21(27)23-12(2)25(3)4)16(14)10-17-15-9-13(26)5-6-18(15)24-19(11)17/h5-10,12,24,26H,1-4H3,(H,23,27). The van der Waals surface area contributed by atoms with Crippen molar-refractivity contribution in [2.24, 2.45) is 0 Å². The Bertz CT molecular complexity index is 1190. The molecule has 0 saturated carbocycles. The summed E-state index contributed by atoms with van der Waals surface area (Å²) in [6.07, 6.45) is 1.56. The van der Waals surface area contributed by atoms with E-state index in [0.717, 1.165) is 38.1 Å². The number of carbonyl (C=O) groups is 1. The molecule has 2 aromatic carbocycles. The summed E-state index contributed by atoms with van der Waals surface area (Å²) in [6, 6.07) is 9.18. The molecule has 4 rings (SSSR count). The first-order valence-corrected chi connectivity index (χ1v) is 8.87. The van der Waals surface area contributed by atoms with Crippen molar-refractivity contribution in [3.05, 3.63) is 47.8 Å². The summed E-state index contributed by atoms with van der Waals surface area (Å²) in [5, 5.41) is 16.5. The smallest absolute Gasteiger partial charge is 0.271 e. The van der Waals surface area contributed by atoms with E-state index in [2.05, 4.69) is 15.3 Å². The number of pyridine rings is 1. The summed E-state index contributed by atoms with van der Waals surface area (Å²) in [5.74, 6) is 0.00773. The summed E-state index contributed by atoms with van der Waals surface area (Å²) >= 11 is 0. The van der Waals surface area contributed by atoms with Crippen LogP contribution < -0.4 is 5.32 Å². The van der Waals surface area contributed by atoms with Crippen LogP contribution >= 0.6 is 0 Å². The monoisotopic (exact) mass is 362 g/mol. The number of carbonyl (C=O) groups excluding carboxylic acids is 1. The number of H-pyrrole nitrogens is 1. The maximum absolute atomic E-state index is 12.8. The van der Waals surface area contributed by atoms with Crippen molar-refractivity contribution in [2.45, 2.75) is 20.0 Å². The number of aromatic amines is 1. The highest BCUT2D eigenvalue weighted by atomic mass is 16.3. The number of nitrogens with zero attached hydrogens (tertiary/aromatic N) is 2. The van der Waals surface area contributed by atoms with Crippen molar-refractivity contribution in [2.75, 3.05) is 14.1 Å². The van der Waals surface area contributed by atoms with E-state index in [0.29, 0.717) is 5.69 Å². The van der Waals surface area contributed by atoms with Crippen molar-refractivity contribution in [3.8, 4) is 5.75 Å². The number of amides is 1. The number of hydrogen-bond acceptors (Lipinski definition) is 4. The molecule has 0 bridgehead atoms. The number of hydrogen-bond donors (Lipinski definition) is 3. The van der Waals surface area contributed by atoms with Crippen molar-refractivity contribution < 1.29 is 9.90 Å². The Morgan fingerprint density at radius 2 is 1.93 bits per heavy atom. The lowest BCUT2D eigenvalue weighted by atomic mass is 10.00. The Hall–Kier alpha value is -3.12. The van der Waals surface area contributed by atoms with E-state index in [4.69, 9.17) is 0 Å². The Morgan fingerprint density at radius 3 is 2.67 bits per heavy atom. The van der Waals surface area contributed by atoms with Crippen LogP contribution in [0.1, 0.15) is 23.0 Å². The van der Waals surface area contributed by atoms with Gasteiger partial charge in [0.2, 0.25) is 0 Å². The third kappa shape index (κ3) is 2.78. The third-order valence-electron chi connectivity index (χ3n) is 5.21. The van der Waals surface area contributed by atoms with Crippen molar-refractivity contribution in [3.63, 3.8) is 0 Å². The van der Waals surface area contributed by atoms with Crippen LogP contribution in [0, 0.1) is 6.92 Å². The SMILES string of the molecule is Cc1c2ccnc(C(=O)NC(C)N(C)C)c2cc2c1[nH]c1ccc(O)cc12. The molecule has 0 aliphatic carbocycles. The fourth-order valence-corrected chi connectivity index (χ4v) is 3.44. The molecule has 4 aromatic rings. The molecule has 3 N–H and O–H groups in total. The Kier molecular flexibility index (Phi) is 4.00. The molecular weight excluding hydrogens is 340 g/mol. The number of aromatic nitrogens is 2. The van der Waals surface area contributed by atoms with E-state index in [1.54, 1.807) is 18.3 Å². The van der Waals surface area contributed by atoms with E-state index in [9.17, 15) is 9.90 Å². The van der Waals surface area contributed by atoms with Gasteiger partial charge in [0.15, 0.2) is 0 Å². The quantitative estimate of drug-likeness (QED) is 0.487. The van der Waals surface area contributed by atoms with Gasteiger partial charge in [0.05, 0.1) is 11.7 Å². The van der Waals surface area contributed by atoms with Gasteiger partial charge in [-0.1, -0.05) is 0 Å². The predicted molar refractivity (Wildman–Crippen MR) is 108 cm³/mol. The number of aryl methyl sites for hydroxylation is 1. The van der Waals surface area contributed by atoms with Gasteiger partial charge in [-0.2, -0.15) is 0 Å². The number of phenols is 1. The summed E-state index contributed by atoms with van der Waals surface area (Å²) < 4.78 is 0. The van der Waals surface area contributed by atoms with Crippen LogP contribution in [-0.4, -0.2) is 46.1 Å². The molecule has 0 radical (unpaired) electrons. The Labute approximate surface area is 156 Å². The first-order chi connectivity index (χ1) is 12.9. The molecule has 6 nitrogen and oxygen atoms in total. The molecule has 0 saturated heterocycles. The summed E-state index contributed by atoms with van der Waals surface area (Å²) in [6.45, 7) is 3.96. The fraction of sp³-hybridized carbons (Fsp3) is 0.238. The zero-order valence-electron chi connectivity index (χ0n) is 15.8. The molecule has 0 aliphatic rings. The molecule has 27 heavy (non-hydrogen) atoms. The number of aromatic hydroxyl groups is 1. The first-order valence-electron chi connectivity index (χ1n) is 8.87. The molecule has 1 atom stereocenters. The average molecular weight is 362 g/mol. The number of phenolic OH excluding ortho intramolecular Hbond substituents is 1. The van der Waals surface area contributed by atoms with Gasteiger partial charge in [0, 0.05) is 27.9 Å². The van der Waals surface area contributed by atoms with Crippen LogP contribution in [0.2, 0.25) is 0 Å². The highest BCUT2D eigenvalue weighted by Gasteiger charge is 2.18. The largest absolute Gasteiger partial charge is 0.508 e. The maximum atomic E-state index is 12.8. The number of fused-ring (bicyclic) bond motifs is 4. The van der Waals surface area contributed by atoms with Crippen LogP contribution in [0.15, 0.2) is 36.5 Å². The molecule has 2 aromatic heterocycles. The average Bonchev–Trinajstić information content (AvgIpc) is 2.99. The van der Waals surface area contributed by atoms with Crippen LogP contribution in [0.5, 0.6) is 5.75 Å². The second kappa shape index (κ2) is 6.25. The number of rotatable bonds is 3. The van der Waals surface area contributed by atoms with Gasteiger partial charge >= 0.3 is 0 Å². The van der Waals surface area contributed by atoms with Crippen LogP contribution in [0.3, 0.4) is 0 Å². The molecule has 1 amide bonds. The van der Waals surface area contributed by atoms with E-state index in [1.807, 2.05) is 51.0 Å². The van der Waals surface area contributed by atoms with Crippen molar-refractivity contribution >= 4 is 38.5 Å². The lowest BCUT2D eigenvalue weighted by Crippen LogP contribution is -2.42. The van der Waals surface area contributed by atoms with Crippen molar-refractivity contribution in [1.82, 2.24) is 20.2 Å². The van der Waals surface area contributed by atoms with Gasteiger partial charge in [-0.15, -0.1) is 0 Å². The molecule has 138 valence electrons. The lowest BCUT2D eigenvalue weighted by molar-refractivity contribution is 0.0897. The highest BCUT2D eigenvalue weighted by Crippen LogP contribution is 2.35. The Morgan fingerprint density at radius 1 is 1.15 bits per heavy atom. The highest BCUT2D eigenvalue weighted by molar-refractivity contribution is 6.17. The summed E-state index contributed by atoms with van der Waals surface area (Å²) in [4.78, 5) is 22.5. The number of nitrogens with one attached hydrogen (secondary N) is 2. The predicted octanol–water partition coefficient (Wildman–Crippen LogP) is 3.52. The molecule has 1 unspecified atom stereocenters. The maximum Gasteiger partial charge on any atom is 0.271 e. The molecule has 2 heterocycles. The number of benzene rings is 2. The van der Waals surface area contributed by atoms with E-state index >= 15 is 0 Å². The van der Waals surface area contributed by atoms with Gasteiger partial charge in [-0.05, 0) is 69.2 Å². The van der Waals surface area contributed by atoms with Crippen LogP contribution in [-0.2, 0) is 0 Å². The van der Waals surface area contributed by atoms with Gasteiger partial charge in [-0.25, -0.2) is 0 Å². The normalized spacial score (nSPS) is 12.9. The van der Waals surface area contributed by atoms with Crippen molar-refractivity contribution in [1.29, 1.82) is 0 Å². The van der Waals surface area contributed by atoms with Gasteiger partial charge in [-0.3, -0.25) is 14.7 Å². The topological polar surface area (TPSA) is 81.2 Å². The summed E-state index contributed by atoms with van der Waals surface area (Å²) in [5.41, 5.74) is 3.40. The summed E-state index contributed by atoms with van der Waals surface area (Å²) in [7, 11) is 3.82.